The van der Waals surface area contributed by atoms with Crippen molar-refractivity contribution in [1.82, 2.24) is 0 Å². The van der Waals surface area contributed by atoms with Crippen molar-refractivity contribution in [2.75, 3.05) is 0 Å². The number of hydrogen-bond acceptors (Lipinski definition) is 3. The second-order valence-electron chi connectivity index (χ2n) is 3.66. The molecule has 3 heteroatoms. The van der Waals surface area contributed by atoms with Gasteiger partial charge in [-0.1, -0.05) is 6.07 Å². The van der Waals surface area contributed by atoms with Gasteiger partial charge in [-0.3, -0.25) is 14.4 Å². The monoisotopic (exact) mass is 202 g/mol. The molecule has 0 heterocycles. The number of Topliss-reactive ketones (excluding diaryl/α,β-unsaturated/α-hetero) is 3. The summed E-state index contributed by atoms with van der Waals surface area (Å²) in [5.41, 5.74) is 1.34. The summed E-state index contributed by atoms with van der Waals surface area (Å²) in [4.78, 5) is 34.1. The van der Waals surface area contributed by atoms with Gasteiger partial charge in [0, 0.05) is 29.5 Å². The summed E-state index contributed by atoms with van der Waals surface area (Å²) in [6, 6.07) is 4.69. The van der Waals surface area contributed by atoms with Gasteiger partial charge in [-0.15, -0.1) is 0 Å². The molecule has 1 aliphatic carbocycles. The van der Waals surface area contributed by atoms with Gasteiger partial charge in [-0.05, 0) is 19.1 Å². The Bertz CT molecular complexity index is 472. The van der Waals surface area contributed by atoms with E-state index in [0.717, 1.165) is 0 Å². The van der Waals surface area contributed by atoms with Gasteiger partial charge >= 0.3 is 0 Å². The van der Waals surface area contributed by atoms with Crippen molar-refractivity contribution in [2.45, 2.75) is 19.8 Å². The van der Waals surface area contributed by atoms with Crippen LogP contribution in [0.25, 0.3) is 0 Å². The zero-order valence-corrected chi connectivity index (χ0v) is 8.37. The smallest absolute Gasteiger partial charge is 0.164 e. The van der Waals surface area contributed by atoms with Crippen LogP contribution in [0.1, 0.15) is 50.8 Å². The summed E-state index contributed by atoms with van der Waals surface area (Å²) in [5, 5.41) is 0. The number of fused-ring (bicyclic) bond motifs is 1. The Morgan fingerprint density at radius 2 is 1.67 bits per heavy atom. The molecule has 0 saturated heterocycles. The summed E-state index contributed by atoms with van der Waals surface area (Å²) < 4.78 is 0. The van der Waals surface area contributed by atoms with Crippen LogP contribution in [0.15, 0.2) is 18.2 Å². The highest BCUT2D eigenvalue weighted by molar-refractivity contribution is 6.14. The first-order valence-corrected chi connectivity index (χ1v) is 4.81. The minimum Gasteiger partial charge on any atom is -0.295 e. The number of benzene rings is 1. The number of rotatable bonds is 1. The summed E-state index contributed by atoms with van der Waals surface area (Å²) in [6.07, 6.45) is 0.540. The van der Waals surface area contributed by atoms with Crippen LogP contribution < -0.4 is 0 Å². The van der Waals surface area contributed by atoms with Gasteiger partial charge in [0.1, 0.15) is 0 Å². The summed E-state index contributed by atoms with van der Waals surface area (Å²) in [5.74, 6) is -0.156. The van der Waals surface area contributed by atoms with E-state index in [1.54, 1.807) is 12.1 Å². The molecule has 0 atom stereocenters. The standard InChI is InChI=1S/C12H10O3/c1-7(13)8-2-3-9-10(6-8)12(15)5-4-11(9)14/h2-3,6H,4-5H2,1H3. The second-order valence-corrected chi connectivity index (χ2v) is 3.66. The predicted molar refractivity (Wildman–Crippen MR) is 54.3 cm³/mol. The lowest BCUT2D eigenvalue weighted by Crippen LogP contribution is -2.17. The van der Waals surface area contributed by atoms with Crippen LogP contribution in [0.4, 0.5) is 0 Å². The van der Waals surface area contributed by atoms with Crippen LogP contribution in [0, 0.1) is 0 Å². The van der Waals surface area contributed by atoms with Crippen molar-refractivity contribution in [2.24, 2.45) is 0 Å². The molecule has 0 aliphatic heterocycles. The highest BCUT2D eigenvalue weighted by Gasteiger charge is 2.23. The van der Waals surface area contributed by atoms with Crippen molar-refractivity contribution in [3.8, 4) is 0 Å². The summed E-state index contributed by atoms with van der Waals surface area (Å²) >= 11 is 0. The van der Waals surface area contributed by atoms with Gasteiger partial charge in [0.25, 0.3) is 0 Å². The lowest BCUT2D eigenvalue weighted by atomic mass is 9.88. The van der Waals surface area contributed by atoms with E-state index >= 15 is 0 Å². The van der Waals surface area contributed by atoms with Crippen LogP contribution in [-0.2, 0) is 0 Å². The maximum absolute atomic E-state index is 11.5. The third-order valence-electron chi connectivity index (χ3n) is 2.61. The molecule has 0 N–H and O–H groups in total. The molecule has 1 aromatic rings. The fraction of sp³-hybridized carbons (Fsp3) is 0.250. The highest BCUT2D eigenvalue weighted by atomic mass is 16.1. The molecular formula is C12H10O3. The molecule has 0 bridgehead atoms. The average molecular weight is 202 g/mol. The summed E-state index contributed by atoms with van der Waals surface area (Å²) in [6.45, 7) is 1.44. The normalized spacial score (nSPS) is 15.0. The highest BCUT2D eigenvalue weighted by Crippen LogP contribution is 2.22. The van der Waals surface area contributed by atoms with E-state index < -0.39 is 0 Å². The van der Waals surface area contributed by atoms with Gasteiger partial charge < -0.3 is 0 Å². The van der Waals surface area contributed by atoms with E-state index in [0.29, 0.717) is 16.7 Å². The number of carbonyl (C=O) groups is 3. The fourth-order valence-electron chi connectivity index (χ4n) is 1.73. The Hall–Kier alpha value is -1.77. The maximum atomic E-state index is 11.5. The van der Waals surface area contributed by atoms with Gasteiger partial charge in [-0.2, -0.15) is 0 Å². The Morgan fingerprint density at radius 3 is 2.27 bits per heavy atom. The third kappa shape index (κ3) is 1.61. The van der Waals surface area contributed by atoms with Crippen LogP contribution in [0.3, 0.4) is 0 Å². The zero-order valence-electron chi connectivity index (χ0n) is 8.37. The molecule has 0 radical (unpaired) electrons. The van der Waals surface area contributed by atoms with Crippen LogP contribution in [0.5, 0.6) is 0 Å². The first kappa shape index (κ1) is 9.77. The lowest BCUT2D eigenvalue weighted by Gasteiger charge is -2.13. The maximum Gasteiger partial charge on any atom is 0.164 e. The molecule has 0 saturated carbocycles. The van der Waals surface area contributed by atoms with Crippen molar-refractivity contribution < 1.29 is 14.4 Å². The van der Waals surface area contributed by atoms with E-state index in [1.165, 1.54) is 13.0 Å². The quantitative estimate of drug-likeness (QED) is 0.655. The fourth-order valence-corrected chi connectivity index (χ4v) is 1.73. The largest absolute Gasteiger partial charge is 0.295 e. The summed E-state index contributed by atoms with van der Waals surface area (Å²) in [7, 11) is 0. The third-order valence-corrected chi connectivity index (χ3v) is 2.61. The second kappa shape index (κ2) is 3.42. The van der Waals surface area contributed by atoms with E-state index in [2.05, 4.69) is 0 Å². The molecule has 0 spiro atoms. The van der Waals surface area contributed by atoms with Crippen LogP contribution in [0.2, 0.25) is 0 Å². The van der Waals surface area contributed by atoms with Crippen molar-refractivity contribution in [3.05, 3.63) is 34.9 Å². The van der Waals surface area contributed by atoms with Crippen molar-refractivity contribution in [3.63, 3.8) is 0 Å². The minimum absolute atomic E-state index is 0.0142. The predicted octanol–water partition coefficient (Wildman–Crippen LogP) is 2.05. The molecule has 0 unspecified atom stereocenters. The lowest BCUT2D eigenvalue weighted by molar-refractivity contribution is 0.0890. The first-order valence-electron chi connectivity index (χ1n) is 4.81. The van der Waals surface area contributed by atoms with Crippen molar-refractivity contribution >= 4 is 17.3 Å². The van der Waals surface area contributed by atoms with Gasteiger partial charge in [0.05, 0.1) is 0 Å². The Labute approximate surface area is 87.1 Å². The molecule has 15 heavy (non-hydrogen) atoms. The Kier molecular flexibility index (Phi) is 2.23. The number of hydrogen-bond donors (Lipinski definition) is 0. The van der Waals surface area contributed by atoms with E-state index in [-0.39, 0.29) is 30.2 Å². The Morgan fingerprint density at radius 1 is 1.07 bits per heavy atom. The molecule has 0 aromatic heterocycles. The van der Waals surface area contributed by atoms with Gasteiger partial charge in [0.15, 0.2) is 17.3 Å². The number of carbonyl (C=O) groups excluding carboxylic acids is 3. The molecule has 3 nitrogen and oxygen atoms in total. The minimum atomic E-state index is -0.0939. The molecular weight excluding hydrogens is 192 g/mol. The van der Waals surface area contributed by atoms with Crippen LogP contribution >= 0.6 is 0 Å². The first-order chi connectivity index (χ1) is 7.09. The average Bonchev–Trinajstić information content (AvgIpc) is 2.23. The Balaban J connectivity index is 2.59. The molecule has 1 aromatic carbocycles. The topological polar surface area (TPSA) is 51.2 Å². The van der Waals surface area contributed by atoms with Crippen LogP contribution in [-0.4, -0.2) is 17.3 Å². The zero-order chi connectivity index (χ0) is 11.0. The molecule has 76 valence electrons. The SMILES string of the molecule is CC(=O)c1ccc2c(c1)C(=O)CCC2=O. The molecule has 1 aliphatic rings. The van der Waals surface area contributed by atoms with E-state index in [1.807, 2.05) is 0 Å². The van der Waals surface area contributed by atoms with Gasteiger partial charge in [-0.25, -0.2) is 0 Å². The van der Waals surface area contributed by atoms with E-state index in [9.17, 15) is 14.4 Å². The van der Waals surface area contributed by atoms with Gasteiger partial charge in [0.2, 0.25) is 0 Å². The molecule has 0 amide bonds. The molecule has 2 rings (SSSR count). The van der Waals surface area contributed by atoms with Crippen molar-refractivity contribution in [1.29, 1.82) is 0 Å². The molecule has 0 fully saturated rings. The van der Waals surface area contributed by atoms with E-state index in [4.69, 9.17) is 0 Å². The number of ketones is 3.